The summed E-state index contributed by atoms with van der Waals surface area (Å²) in [6, 6.07) is 14.0. The first-order valence-corrected chi connectivity index (χ1v) is 11.5. The van der Waals surface area contributed by atoms with Crippen LogP contribution in [-0.2, 0) is 16.1 Å². The van der Waals surface area contributed by atoms with Crippen molar-refractivity contribution < 1.29 is 19.1 Å². The Hall–Kier alpha value is -2.86. The van der Waals surface area contributed by atoms with Gasteiger partial charge in [0, 0.05) is 42.3 Å². The molecule has 2 aliphatic heterocycles. The molecule has 2 aromatic rings. The molecule has 1 unspecified atom stereocenters. The molecule has 2 saturated heterocycles. The Kier molecular flexibility index (Phi) is 7.10. The second-order valence-corrected chi connectivity index (χ2v) is 8.84. The van der Waals surface area contributed by atoms with Gasteiger partial charge in [-0.2, -0.15) is 0 Å². The Labute approximate surface area is 193 Å². The van der Waals surface area contributed by atoms with Gasteiger partial charge in [-0.15, -0.1) is 0 Å². The van der Waals surface area contributed by atoms with Gasteiger partial charge in [0.05, 0.1) is 5.92 Å². The lowest BCUT2D eigenvalue weighted by Gasteiger charge is -2.31. The molecule has 0 spiro atoms. The molecule has 168 valence electrons. The molecule has 0 N–H and O–H groups in total. The molecule has 32 heavy (non-hydrogen) atoms. The summed E-state index contributed by atoms with van der Waals surface area (Å²) in [5.74, 6) is -0.678. The van der Waals surface area contributed by atoms with Crippen LogP contribution in [0.1, 0.15) is 52.0 Å². The highest BCUT2D eigenvalue weighted by Gasteiger charge is 2.30. The molecule has 0 bridgehead atoms. The van der Waals surface area contributed by atoms with Crippen LogP contribution in [0.25, 0.3) is 0 Å². The molecular weight excluding hydrogens is 428 g/mol. The molecule has 6 nitrogen and oxygen atoms in total. The van der Waals surface area contributed by atoms with Gasteiger partial charge in [0.15, 0.2) is 0 Å². The third-order valence-electron chi connectivity index (χ3n) is 6.11. The average molecular weight is 455 g/mol. The molecule has 1 atom stereocenters. The van der Waals surface area contributed by atoms with E-state index in [1.54, 1.807) is 41.3 Å². The van der Waals surface area contributed by atoms with Crippen molar-refractivity contribution in [3.8, 4) is 0 Å². The van der Waals surface area contributed by atoms with Crippen molar-refractivity contribution in [2.45, 2.75) is 32.3 Å². The van der Waals surface area contributed by atoms with Gasteiger partial charge in [-0.25, -0.2) is 0 Å². The maximum absolute atomic E-state index is 12.7. The average Bonchev–Trinajstić information content (AvgIpc) is 3.37. The highest BCUT2D eigenvalue weighted by molar-refractivity contribution is 6.30. The van der Waals surface area contributed by atoms with Crippen LogP contribution in [0.4, 0.5) is 0 Å². The van der Waals surface area contributed by atoms with E-state index in [4.69, 9.17) is 16.3 Å². The fraction of sp³-hybridized carbons (Fsp3) is 0.400. The summed E-state index contributed by atoms with van der Waals surface area (Å²) in [5, 5.41) is 0.579. The molecule has 4 rings (SSSR count). The van der Waals surface area contributed by atoms with Crippen LogP contribution in [0.3, 0.4) is 0 Å². The minimum absolute atomic E-state index is 0.0543. The van der Waals surface area contributed by atoms with E-state index in [1.807, 2.05) is 17.0 Å². The van der Waals surface area contributed by atoms with Gasteiger partial charge in [0.1, 0.15) is 6.61 Å². The zero-order valence-electron chi connectivity index (χ0n) is 18.0. The normalized spacial score (nSPS) is 18.5. The number of hydrogen-bond donors (Lipinski definition) is 0. The number of esters is 1. The molecule has 0 aromatic heterocycles. The van der Waals surface area contributed by atoms with Crippen LogP contribution in [0.15, 0.2) is 48.5 Å². The number of piperidine rings is 1. The van der Waals surface area contributed by atoms with Crippen molar-refractivity contribution in [1.82, 2.24) is 9.80 Å². The molecule has 0 saturated carbocycles. The number of halogens is 1. The monoisotopic (exact) mass is 454 g/mol. The van der Waals surface area contributed by atoms with Gasteiger partial charge in [0.2, 0.25) is 0 Å². The van der Waals surface area contributed by atoms with Crippen LogP contribution >= 0.6 is 11.6 Å². The summed E-state index contributed by atoms with van der Waals surface area (Å²) in [5.41, 5.74) is 2.05. The standard InChI is InChI=1S/C25H27ClN2O4/c26-22-11-9-20(10-12-22)24(30)28-15-3-4-21(16-28)25(31)32-17-18-5-7-19(8-6-18)23(29)27-13-1-2-14-27/h5-12,21H,1-4,13-17H2. The molecule has 2 aliphatic rings. The summed E-state index contributed by atoms with van der Waals surface area (Å²) in [6.45, 7) is 2.76. The van der Waals surface area contributed by atoms with Crippen molar-refractivity contribution in [2.75, 3.05) is 26.2 Å². The van der Waals surface area contributed by atoms with Crippen LogP contribution in [-0.4, -0.2) is 53.8 Å². The van der Waals surface area contributed by atoms with Gasteiger partial charge < -0.3 is 14.5 Å². The largest absolute Gasteiger partial charge is 0.461 e. The van der Waals surface area contributed by atoms with E-state index in [9.17, 15) is 14.4 Å². The van der Waals surface area contributed by atoms with E-state index in [-0.39, 0.29) is 30.3 Å². The smallest absolute Gasteiger partial charge is 0.311 e. The van der Waals surface area contributed by atoms with Crippen molar-refractivity contribution in [3.63, 3.8) is 0 Å². The molecule has 2 heterocycles. The lowest BCUT2D eigenvalue weighted by atomic mass is 9.97. The molecule has 7 heteroatoms. The van der Waals surface area contributed by atoms with Crippen LogP contribution in [0.5, 0.6) is 0 Å². The Morgan fingerprint density at radius 3 is 2.03 bits per heavy atom. The van der Waals surface area contributed by atoms with Gasteiger partial charge in [-0.05, 0) is 67.6 Å². The Morgan fingerprint density at radius 2 is 1.38 bits per heavy atom. The van der Waals surface area contributed by atoms with E-state index < -0.39 is 0 Å². The third-order valence-corrected chi connectivity index (χ3v) is 6.36. The van der Waals surface area contributed by atoms with Crippen molar-refractivity contribution in [1.29, 1.82) is 0 Å². The highest BCUT2D eigenvalue weighted by atomic mass is 35.5. The second-order valence-electron chi connectivity index (χ2n) is 8.40. The van der Waals surface area contributed by atoms with Crippen LogP contribution in [0.2, 0.25) is 5.02 Å². The molecule has 0 aliphatic carbocycles. The van der Waals surface area contributed by atoms with Gasteiger partial charge in [0.25, 0.3) is 11.8 Å². The maximum atomic E-state index is 12.7. The van der Waals surface area contributed by atoms with Crippen molar-refractivity contribution in [2.24, 2.45) is 5.92 Å². The summed E-state index contributed by atoms with van der Waals surface area (Å²) in [6.07, 6.45) is 3.58. The SMILES string of the molecule is O=C(OCc1ccc(C(=O)N2CCCC2)cc1)C1CCCN(C(=O)c2ccc(Cl)cc2)C1. The fourth-order valence-corrected chi connectivity index (χ4v) is 4.37. The van der Waals surface area contributed by atoms with Gasteiger partial charge in [-0.3, -0.25) is 14.4 Å². The third kappa shape index (κ3) is 5.30. The summed E-state index contributed by atoms with van der Waals surface area (Å²) in [7, 11) is 0. The lowest BCUT2D eigenvalue weighted by molar-refractivity contribution is -0.151. The van der Waals surface area contributed by atoms with Gasteiger partial charge in [-0.1, -0.05) is 23.7 Å². The number of nitrogens with zero attached hydrogens (tertiary/aromatic N) is 2. The predicted molar refractivity (Wildman–Crippen MR) is 121 cm³/mol. The summed E-state index contributed by atoms with van der Waals surface area (Å²) >= 11 is 5.90. The quantitative estimate of drug-likeness (QED) is 0.636. The number of ether oxygens (including phenoxy) is 1. The van der Waals surface area contributed by atoms with E-state index in [1.165, 1.54) is 0 Å². The highest BCUT2D eigenvalue weighted by Crippen LogP contribution is 2.21. The fourth-order valence-electron chi connectivity index (χ4n) is 4.25. The topological polar surface area (TPSA) is 66.9 Å². The molecule has 2 fully saturated rings. The zero-order chi connectivity index (χ0) is 22.5. The number of rotatable bonds is 5. The summed E-state index contributed by atoms with van der Waals surface area (Å²) < 4.78 is 5.53. The van der Waals surface area contributed by atoms with Crippen LogP contribution < -0.4 is 0 Å². The number of carbonyl (C=O) groups excluding carboxylic acids is 3. The molecule has 2 amide bonds. The van der Waals surface area contributed by atoms with Crippen molar-refractivity contribution in [3.05, 3.63) is 70.2 Å². The van der Waals surface area contributed by atoms with E-state index >= 15 is 0 Å². The summed E-state index contributed by atoms with van der Waals surface area (Å²) in [4.78, 5) is 41.4. The number of hydrogen-bond acceptors (Lipinski definition) is 4. The van der Waals surface area contributed by atoms with Gasteiger partial charge >= 0.3 is 5.97 Å². The van der Waals surface area contributed by atoms with Crippen molar-refractivity contribution >= 4 is 29.4 Å². The van der Waals surface area contributed by atoms with Crippen LogP contribution in [0, 0.1) is 5.92 Å². The number of likely N-dealkylation sites (tertiary alicyclic amines) is 2. The molecular formula is C25H27ClN2O4. The number of benzene rings is 2. The predicted octanol–water partition coefficient (Wildman–Crippen LogP) is 4.17. The minimum Gasteiger partial charge on any atom is -0.461 e. The van der Waals surface area contributed by atoms with E-state index in [2.05, 4.69) is 0 Å². The molecule has 2 aromatic carbocycles. The number of carbonyl (C=O) groups is 3. The lowest BCUT2D eigenvalue weighted by Crippen LogP contribution is -2.42. The number of amides is 2. The first kappa shape index (κ1) is 22.3. The first-order valence-electron chi connectivity index (χ1n) is 11.1. The maximum Gasteiger partial charge on any atom is 0.311 e. The minimum atomic E-state index is -0.337. The first-order chi connectivity index (χ1) is 15.5. The Morgan fingerprint density at radius 1 is 0.812 bits per heavy atom. The molecule has 0 radical (unpaired) electrons. The Balaban J connectivity index is 1.29. The Bertz CT molecular complexity index is 968. The second kappa shape index (κ2) is 10.2. The zero-order valence-corrected chi connectivity index (χ0v) is 18.7. The van der Waals surface area contributed by atoms with E-state index in [0.29, 0.717) is 35.7 Å². The van der Waals surface area contributed by atoms with E-state index in [0.717, 1.165) is 37.9 Å².